The number of hydrazone groups is 1. The summed E-state index contributed by atoms with van der Waals surface area (Å²) in [5, 5.41) is 5.58. The quantitative estimate of drug-likeness (QED) is 0.426. The Labute approximate surface area is 151 Å². The number of hydrogen-bond donors (Lipinski definition) is 1. The van der Waals surface area contributed by atoms with Crippen LogP contribution in [0.2, 0.25) is 0 Å². The van der Waals surface area contributed by atoms with Crippen LogP contribution in [0.4, 0.5) is 0 Å². The zero-order valence-electron chi connectivity index (χ0n) is 13.9. The summed E-state index contributed by atoms with van der Waals surface area (Å²) in [6, 6.07) is 18.8. The summed E-state index contributed by atoms with van der Waals surface area (Å²) in [5.74, 6) is -0.439. The molecule has 0 aliphatic heterocycles. The summed E-state index contributed by atoms with van der Waals surface area (Å²) in [6.07, 6.45) is 1.36. The van der Waals surface area contributed by atoms with Gasteiger partial charge >= 0.3 is 5.97 Å². The Hall–Kier alpha value is -3.19. The van der Waals surface area contributed by atoms with Crippen LogP contribution in [0.15, 0.2) is 76.7 Å². The largest absolute Gasteiger partial charge is 0.465 e. The summed E-state index contributed by atoms with van der Waals surface area (Å²) in [5.41, 5.74) is 1.04. The first-order valence-electron chi connectivity index (χ1n) is 7.72. The molecule has 0 aromatic heterocycles. The van der Waals surface area contributed by atoms with Crippen LogP contribution in [0.5, 0.6) is 0 Å². The van der Waals surface area contributed by atoms with Gasteiger partial charge in [0.15, 0.2) is 0 Å². The molecule has 0 amide bonds. The number of nitrogens with zero attached hydrogens (tertiary/aromatic N) is 1. The third-order valence-corrected chi connectivity index (χ3v) is 4.97. The Morgan fingerprint density at radius 1 is 1.00 bits per heavy atom. The van der Waals surface area contributed by atoms with E-state index in [9.17, 15) is 13.2 Å². The summed E-state index contributed by atoms with van der Waals surface area (Å²) in [4.78, 5) is 13.7. The van der Waals surface area contributed by atoms with Crippen molar-refractivity contribution in [1.82, 2.24) is 4.83 Å². The molecule has 26 heavy (non-hydrogen) atoms. The smallest absolute Gasteiger partial charge is 0.337 e. The zero-order valence-corrected chi connectivity index (χ0v) is 14.7. The Bertz CT molecular complexity index is 1070. The maximum atomic E-state index is 12.4. The summed E-state index contributed by atoms with van der Waals surface area (Å²) in [7, 11) is -2.46. The van der Waals surface area contributed by atoms with E-state index in [4.69, 9.17) is 0 Å². The minimum absolute atomic E-state index is 0.134. The number of methoxy groups -OCH3 is 1. The van der Waals surface area contributed by atoms with Crippen LogP contribution >= 0.6 is 0 Å². The highest BCUT2D eigenvalue weighted by Gasteiger charge is 2.13. The van der Waals surface area contributed by atoms with Crippen molar-refractivity contribution in [2.45, 2.75) is 4.90 Å². The average Bonchev–Trinajstić information content (AvgIpc) is 2.67. The van der Waals surface area contributed by atoms with E-state index in [1.54, 1.807) is 36.4 Å². The molecule has 3 aromatic carbocycles. The first-order chi connectivity index (χ1) is 12.5. The number of sulfonamides is 1. The minimum Gasteiger partial charge on any atom is -0.465 e. The number of ether oxygens (including phenoxy) is 1. The second kappa shape index (κ2) is 7.37. The van der Waals surface area contributed by atoms with Crippen molar-refractivity contribution in [3.8, 4) is 0 Å². The van der Waals surface area contributed by atoms with Crippen LogP contribution in [0.3, 0.4) is 0 Å². The number of nitrogens with one attached hydrogen (secondary N) is 1. The summed E-state index contributed by atoms with van der Waals surface area (Å²) < 4.78 is 29.3. The lowest BCUT2D eigenvalue weighted by Gasteiger charge is -2.05. The Kier molecular flexibility index (Phi) is 4.99. The molecule has 3 aromatic rings. The predicted molar refractivity (Wildman–Crippen MR) is 99.6 cm³/mol. The van der Waals surface area contributed by atoms with Gasteiger partial charge in [0.1, 0.15) is 0 Å². The topological polar surface area (TPSA) is 84.8 Å². The predicted octanol–water partition coefficient (Wildman–Crippen LogP) is 2.94. The molecule has 132 valence electrons. The molecule has 0 aliphatic rings. The lowest BCUT2D eigenvalue weighted by molar-refractivity contribution is 0.0600. The second-order valence-corrected chi connectivity index (χ2v) is 7.14. The molecule has 6 nitrogen and oxygen atoms in total. The third kappa shape index (κ3) is 3.89. The van der Waals surface area contributed by atoms with Crippen LogP contribution in [-0.2, 0) is 14.8 Å². The highest BCUT2D eigenvalue weighted by atomic mass is 32.2. The molecule has 0 radical (unpaired) electrons. The third-order valence-electron chi connectivity index (χ3n) is 3.75. The molecule has 0 heterocycles. The molecule has 0 bridgehead atoms. The van der Waals surface area contributed by atoms with Crippen molar-refractivity contribution in [2.75, 3.05) is 7.11 Å². The highest BCUT2D eigenvalue weighted by molar-refractivity contribution is 7.89. The number of rotatable bonds is 5. The van der Waals surface area contributed by atoms with E-state index in [2.05, 4.69) is 14.7 Å². The number of esters is 1. The first kappa shape index (κ1) is 17.6. The van der Waals surface area contributed by atoms with Gasteiger partial charge < -0.3 is 4.74 Å². The maximum Gasteiger partial charge on any atom is 0.337 e. The van der Waals surface area contributed by atoms with Crippen molar-refractivity contribution in [1.29, 1.82) is 0 Å². The molecule has 0 saturated carbocycles. The molecule has 0 saturated heterocycles. The highest BCUT2D eigenvalue weighted by Crippen LogP contribution is 2.18. The molecule has 7 heteroatoms. The fraction of sp³-hybridized carbons (Fsp3) is 0.0526. The molecule has 3 rings (SSSR count). The van der Waals surface area contributed by atoms with Crippen LogP contribution in [0.25, 0.3) is 10.8 Å². The SMILES string of the molecule is COC(=O)c1ccc(/C=N\NS(=O)(=O)c2ccc3ccccc3c2)cc1. The van der Waals surface area contributed by atoms with Crippen LogP contribution in [0.1, 0.15) is 15.9 Å². The van der Waals surface area contributed by atoms with Crippen molar-refractivity contribution in [3.05, 3.63) is 77.9 Å². The number of benzene rings is 3. The van der Waals surface area contributed by atoms with Gasteiger partial charge in [-0.3, -0.25) is 0 Å². The van der Waals surface area contributed by atoms with Crippen LogP contribution in [-0.4, -0.2) is 27.7 Å². The fourth-order valence-corrected chi connectivity index (χ4v) is 3.21. The van der Waals surface area contributed by atoms with Gasteiger partial charge in [0.25, 0.3) is 10.0 Å². The zero-order chi connectivity index (χ0) is 18.6. The molecule has 1 N–H and O–H groups in total. The van der Waals surface area contributed by atoms with E-state index in [1.165, 1.54) is 19.4 Å². The number of fused-ring (bicyclic) bond motifs is 1. The molecular formula is C19H16N2O4S. The van der Waals surface area contributed by atoms with Crippen molar-refractivity contribution in [2.24, 2.45) is 5.10 Å². The normalized spacial score (nSPS) is 11.6. The standard InChI is InChI=1S/C19H16N2O4S/c1-25-19(22)16-8-6-14(7-9-16)13-20-21-26(23,24)18-11-10-15-4-2-3-5-17(15)12-18/h2-13,21H,1H3/b20-13-. The number of carbonyl (C=O) groups excluding carboxylic acids is 1. The molecule has 0 spiro atoms. The van der Waals surface area contributed by atoms with Gasteiger partial charge in [-0.15, -0.1) is 0 Å². The van der Waals surface area contributed by atoms with E-state index in [0.717, 1.165) is 10.8 Å². The van der Waals surface area contributed by atoms with Gasteiger partial charge in [-0.2, -0.15) is 13.5 Å². The molecule has 0 unspecified atom stereocenters. The Balaban J connectivity index is 1.74. The van der Waals surface area contributed by atoms with Gasteiger partial charge in [0, 0.05) is 0 Å². The monoisotopic (exact) mass is 368 g/mol. The van der Waals surface area contributed by atoms with E-state index >= 15 is 0 Å². The Morgan fingerprint density at radius 3 is 2.38 bits per heavy atom. The lowest BCUT2D eigenvalue weighted by Crippen LogP contribution is -2.18. The molecular weight excluding hydrogens is 352 g/mol. The van der Waals surface area contributed by atoms with Crippen LogP contribution < -0.4 is 4.83 Å². The second-order valence-electron chi connectivity index (χ2n) is 5.48. The van der Waals surface area contributed by atoms with Crippen molar-refractivity contribution >= 4 is 33.0 Å². The minimum atomic E-state index is -3.77. The fourth-order valence-electron chi connectivity index (χ4n) is 2.38. The van der Waals surface area contributed by atoms with Gasteiger partial charge in [0.05, 0.1) is 23.8 Å². The van der Waals surface area contributed by atoms with Crippen molar-refractivity contribution in [3.63, 3.8) is 0 Å². The maximum absolute atomic E-state index is 12.4. The van der Waals surface area contributed by atoms with Gasteiger partial charge in [-0.1, -0.05) is 42.5 Å². The molecule has 0 atom stereocenters. The van der Waals surface area contributed by atoms with E-state index < -0.39 is 16.0 Å². The lowest BCUT2D eigenvalue weighted by atomic mass is 10.1. The van der Waals surface area contributed by atoms with E-state index in [0.29, 0.717) is 11.1 Å². The van der Waals surface area contributed by atoms with Gasteiger partial charge in [-0.25, -0.2) is 9.63 Å². The average molecular weight is 368 g/mol. The molecule has 0 aliphatic carbocycles. The van der Waals surface area contributed by atoms with Gasteiger partial charge in [-0.05, 0) is 40.6 Å². The van der Waals surface area contributed by atoms with Crippen molar-refractivity contribution < 1.29 is 17.9 Å². The Morgan fingerprint density at radius 2 is 1.69 bits per heavy atom. The first-order valence-corrected chi connectivity index (χ1v) is 9.20. The molecule has 0 fully saturated rings. The summed E-state index contributed by atoms with van der Waals surface area (Å²) in [6.45, 7) is 0. The number of carbonyl (C=O) groups is 1. The van der Waals surface area contributed by atoms with E-state index in [-0.39, 0.29) is 4.90 Å². The summed E-state index contributed by atoms with van der Waals surface area (Å²) >= 11 is 0. The van der Waals surface area contributed by atoms with Gasteiger partial charge in [0.2, 0.25) is 0 Å². The number of hydrogen-bond acceptors (Lipinski definition) is 5. The van der Waals surface area contributed by atoms with E-state index in [1.807, 2.05) is 24.3 Å². The van der Waals surface area contributed by atoms with Crippen LogP contribution in [0, 0.1) is 0 Å².